The number of ketones is 2. The second-order valence-corrected chi connectivity index (χ2v) is 8.27. The Hall–Kier alpha value is -3.49. The molecule has 0 atom stereocenters. The van der Waals surface area contributed by atoms with Crippen molar-refractivity contribution in [1.82, 2.24) is 0 Å². The van der Waals surface area contributed by atoms with E-state index < -0.39 is 32.3 Å². The van der Waals surface area contributed by atoms with E-state index in [0.29, 0.717) is 5.69 Å². The third kappa shape index (κ3) is 3.16. The summed E-state index contributed by atoms with van der Waals surface area (Å²) in [4.78, 5) is 25.5. The minimum Gasteiger partial charge on any atom is -0.744 e. The summed E-state index contributed by atoms with van der Waals surface area (Å²) in [5.41, 5.74) is 7.06. The Morgan fingerprint density at radius 3 is 2.03 bits per heavy atom. The first-order valence-electron chi connectivity index (χ1n) is 9.19. The maximum absolute atomic E-state index is 13.2. The second-order valence-electron chi connectivity index (χ2n) is 6.92. The number of rotatable bonds is 4. The highest BCUT2D eigenvalue weighted by atomic mass is 32.2. The summed E-state index contributed by atoms with van der Waals surface area (Å²) in [6.07, 6.45) is 0.833. The van der Waals surface area contributed by atoms with Crippen LogP contribution in [0.4, 0.5) is 17.1 Å². The van der Waals surface area contributed by atoms with E-state index in [1.165, 1.54) is 12.1 Å². The highest BCUT2D eigenvalue weighted by Gasteiger charge is 2.35. The van der Waals surface area contributed by atoms with Gasteiger partial charge < -0.3 is 15.6 Å². The minimum absolute atomic E-state index is 0.0331. The van der Waals surface area contributed by atoms with E-state index in [1.807, 2.05) is 19.1 Å². The number of anilines is 3. The first kappa shape index (κ1) is 19.8. The number of nitrogens with one attached hydrogen (secondary N) is 1. The van der Waals surface area contributed by atoms with Crippen LogP contribution in [-0.2, 0) is 16.5 Å². The van der Waals surface area contributed by atoms with Crippen LogP contribution in [0.15, 0.2) is 59.5 Å². The van der Waals surface area contributed by atoms with Crippen molar-refractivity contribution in [2.45, 2.75) is 18.2 Å². The third-order valence-electron chi connectivity index (χ3n) is 5.11. The van der Waals surface area contributed by atoms with E-state index in [2.05, 4.69) is 5.32 Å². The quantitative estimate of drug-likeness (QED) is 0.382. The van der Waals surface area contributed by atoms with Gasteiger partial charge in [-0.15, -0.1) is 0 Å². The highest BCUT2D eigenvalue weighted by molar-refractivity contribution is 7.86. The van der Waals surface area contributed by atoms with Crippen molar-refractivity contribution >= 4 is 38.7 Å². The molecule has 152 valence electrons. The molecule has 1 aliphatic rings. The highest BCUT2D eigenvalue weighted by Crippen LogP contribution is 2.39. The molecular formula is C22H17N2O5S-. The zero-order chi connectivity index (χ0) is 21.6. The van der Waals surface area contributed by atoms with Crippen molar-refractivity contribution in [1.29, 1.82) is 0 Å². The van der Waals surface area contributed by atoms with Gasteiger partial charge in [-0.2, -0.15) is 0 Å². The molecule has 0 fully saturated rings. The molecule has 4 rings (SSSR count). The lowest BCUT2D eigenvalue weighted by atomic mass is 9.82. The molecule has 0 bridgehead atoms. The Bertz CT molecular complexity index is 1310. The van der Waals surface area contributed by atoms with E-state index in [4.69, 9.17) is 5.73 Å². The summed E-state index contributed by atoms with van der Waals surface area (Å²) in [5.74, 6) is -1.08. The van der Waals surface area contributed by atoms with Crippen LogP contribution in [0.1, 0.15) is 44.3 Å². The van der Waals surface area contributed by atoms with Crippen LogP contribution < -0.4 is 11.1 Å². The fourth-order valence-corrected chi connectivity index (χ4v) is 4.21. The fourth-order valence-electron chi connectivity index (χ4n) is 3.58. The number of nitrogen functional groups attached to an aromatic ring is 1. The van der Waals surface area contributed by atoms with Gasteiger partial charge in [-0.3, -0.25) is 9.59 Å². The summed E-state index contributed by atoms with van der Waals surface area (Å²) in [5, 5.41) is 2.97. The number of hydrogen-bond acceptors (Lipinski definition) is 7. The van der Waals surface area contributed by atoms with Gasteiger partial charge >= 0.3 is 0 Å². The lowest BCUT2D eigenvalue weighted by Crippen LogP contribution is -2.25. The lowest BCUT2D eigenvalue weighted by Gasteiger charge is -2.25. The van der Waals surface area contributed by atoms with Gasteiger partial charge in [0.15, 0.2) is 11.6 Å². The van der Waals surface area contributed by atoms with E-state index in [1.54, 1.807) is 24.3 Å². The van der Waals surface area contributed by atoms with Gasteiger partial charge in [0.1, 0.15) is 10.1 Å². The molecule has 0 radical (unpaired) electrons. The van der Waals surface area contributed by atoms with Gasteiger partial charge in [-0.25, -0.2) is 8.42 Å². The van der Waals surface area contributed by atoms with E-state index in [0.717, 1.165) is 18.1 Å². The number of aryl methyl sites for hydroxylation is 1. The number of benzene rings is 3. The second kappa shape index (κ2) is 7.08. The molecule has 3 aromatic carbocycles. The van der Waals surface area contributed by atoms with Crippen molar-refractivity contribution in [2.24, 2.45) is 0 Å². The Kier molecular flexibility index (Phi) is 4.68. The van der Waals surface area contributed by atoms with Crippen LogP contribution in [0.25, 0.3) is 0 Å². The van der Waals surface area contributed by atoms with Crippen LogP contribution in [0.2, 0.25) is 0 Å². The fraction of sp³-hybridized carbons (Fsp3) is 0.0909. The molecule has 0 aromatic heterocycles. The largest absolute Gasteiger partial charge is 0.744 e. The molecule has 0 spiro atoms. The Labute approximate surface area is 173 Å². The molecular weight excluding hydrogens is 404 g/mol. The van der Waals surface area contributed by atoms with Crippen molar-refractivity contribution < 1.29 is 22.6 Å². The third-order valence-corrected chi connectivity index (χ3v) is 5.99. The molecule has 1 aliphatic carbocycles. The van der Waals surface area contributed by atoms with E-state index in [9.17, 15) is 22.6 Å². The van der Waals surface area contributed by atoms with Crippen LogP contribution >= 0.6 is 0 Å². The Balaban J connectivity index is 1.98. The lowest BCUT2D eigenvalue weighted by molar-refractivity contribution is 0.0980. The normalized spacial score (nSPS) is 13.0. The van der Waals surface area contributed by atoms with Crippen LogP contribution in [0.5, 0.6) is 0 Å². The zero-order valence-electron chi connectivity index (χ0n) is 15.9. The van der Waals surface area contributed by atoms with Crippen LogP contribution in [0.3, 0.4) is 0 Å². The molecule has 3 aromatic rings. The molecule has 0 heterocycles. The maximum Gasteiger partial charge on any atom is 0.196 e. The van der Waals surface area contributed by atoms with Crippen LogP contribution in [-0.4, -0.2) is 24.5 Å². The summed E-state index contributed by atoms with van der Waals surface area (Å²) >= 11 is 0. The molecule has 0 saturated heterocycles. The number of fused-ring (bicyclic) bond motifs is 2. The SMILES string of the molecule is CCc1ccc(Nc2cc(S(=O)(=O)[O-])c(N)c3c2C(=O)c2ccccc2C3=O)cc1. The maximum atomic E-state index is 13.2. The number of carbonyl (C=O) groups excluding carboxylic acids is 2. The average molecular weight is 421 g/mol. The average Bonchev–Trinajstić information content (AvgIpc) is 2.72. The first-order chi connectivity index (χ1) is 14.2. The number of hydrogen-bond donors (Lipinski definition) is 2. The number of carbonyl (C=O) groups is 2. The Morgan fingerprint density at radius 1 is 0.933 bits per heavy atom. The number of nitrogens with two attached hydrogens (primary N) is 1. The van der Waals surface area contributed by atoms with Crippen LogP contribution in [0, 0.1) is 0 Å². The molecule has 0 unspecified atom stereocenters. The predicted molar refractivity (Wildman–Crippen MR) is 111 cm³/mol. The predicted octanol–water partition coefficient (Wildman–Crippen LogP) is 3.25. The van der Waals surface area contributed by atoms with Gasteiger partial charge in [0.05, 0.1) is 27.4 Å². The molecule has 0 amide bonds. The zero-order valence-corrected chi connectivity index (χ0v) is 16.7. The summed E-state index contributed by atoms with van der Waals surface area (Å²) in [6, 6.07) is 14.5. The Morgan fingerprint density at radius 2 is 1.50 bits per heavy atom. The van der Waals surface area contributed by atoms with Gasteiger partial charge in [-0.05, 0) is 30.2 Å². The molecule has 0 saturated carbocycles. The van der Waals surface area contributed by atoms with Crippen molar-refractivity contribution in [3.63, 3.8) is 0 Å². The first-order valence-corrected chi connectivity index (χ1v) is 10.6. The van der Waals surface area contributed by atoms with E-state index in [-0.39, 0.29) is 27.9 Å². The molecule has 0 aliphatic heterocycles. The van der Waals surface area contributed by atoms with Crippen molar-refractivity contribution in [3.8, 4) is 0 Å². The van der Waals surface area contributed by atoms with Gasteiger partial charge in [-0.1, -0.05) is 43.3 Å². The minimum atomic E-state index is -4.99. The van der Waals surface area contributed by atoms with Gasteiger partial charge in [0.2, 0.25) is 0 Å². The smallest absolute Gasteiger partial charge is 0.196 e. The van der Waals surface area contributed by atoms with Gasteiger partial charge in [0.25, 0.3) is 0 Å². The molecule has 30 heavy (non-hydrogen) atoms. The monoisotopic (exact) mass is 421 g/mol. The van der Waals surface area contributed by atoms with E-state index >= 15 is 0 Å². The van der Waals surface area contributed by atoms with Gasteiger partial charge in [0, 0.05) is 16.8 Å². The summed E-state index contributed by atoms with van der Waals surface area (Å²) in [7, 11) is -4.99. The standard InChI is InChI=1S/C22H18N2O5S/c1-2-12-7-9-13(10-8-12)24-16-11-17(30(27,28)29)20(23)19-18(16)21(25)14-5-3-4-6-15(14)22(19)26/h3-11,24H,2,23H2,1H3,(H,27,28,29)/p-1. The van der Waals surface area contributed by atoms with Crippen molar-refractivity contribution in [2.75, 3.05) is 11.1 Å². The molecule has 8 heteroatoms. The molecule has 3 N–H and O–H groups in total. The summed E-state index contributed by atoms with van der Waals surface area (Å²) in [6.45, 7) is 2.01. The van der Waals surface area contributed by atoms with Crippen molar-refractivity contribution in [3.05, 3.63) is 82.4 Å². The summed E-state index contributed by atoms with van der Waals surface area (Å²) < 4.78 is 35.4. The topological polar surface area (TPSA) is 129 Å². The molecule has 7 nitrogen and oxygen atoms in total.